The second-order valence-electron chi connectivity index (χ2n) is 7.40. The quantitative estimate of drug-likeness (QED) is 0.660. The van der Waals surface area contributed by atoms with E-state index < -0.39 is 6.10 Å². The highest BCUT2D eigenvalue weighted by molar-refractivity contribution is 6.34. The Balaban J connectivity index is 1.65. The van der Waals surface area contributed by atoms with Gasteiger partial charge in [0.2, 0.25) is 0 Å². The van der Waals surface area contributed by atoms with Crippen LogP contribution in [-0.2, 0) is 4.79 Å². The molecule has 160 valence electrons. The van der Waals surface area contributed by atoms with Gasteiger partial charge < -0.3 is 20.1 Å². The lowest BCUT2D eigenvalue weighted by Gasteiger charge is -2.23. The number of methoxy groups -OCH3 is 1. The van der Waals surface area contributed by atoms with Crippen LogP contribution in [0.2, 0.25) is 5.02 Å². The number of para-hydroxylation sites is 2. The van der Waals surface area contributed by atoms with E-state index in [4.69, 9.17) is 21.1 Å². The Morgan fingerprint density at radius 3 is 2.47 bits per heavy atom. The van der Waals surface area contributed by atoms with Gasteiger partial charge in [-0.15, -0.1) is 0 Å². The molecule has 1 unspecified atom stereocenters. The van der Waals surface area contributed by atoms with E-state index >= 15 is 0 Å². The smallest absolute Gasteiger partial charge is 0.265 e. The van der Waals surface area contributed by atoms with Crippen molar-refractivity contribution in [1.29, 1.82) is 0 Å². The van der Waals surface area contributed by atoms with Gasteiger partial charge in [0.15, 0.2) is 17.6 Å². The third-order valence-electron chi connectivity index (χ3n) is 5.16. The van der Waals surface area contributed by atoms with Crippen LogP contribution in [-0.4, -0.2) is 31.1 Å². The van der Waals surface area contributed by atoms with Gasteiger partial charge in [-0.2, -0.15) is 0 Å². The Bertz CT molecular complexity index is 897. The van der Waals surface area contributed by atoms with Crippen molar-refractivity contribution < 1.29 is 19.1 Å². The van der Waals surface area contributed by atoms with Crippen LogP contribution in [0.1, 0.15) is 49.4 Å². The molecule has 6 nitrogen and oxygen atoms in total. The van der Waals surface area contributed by atoms with Gasteiger partial charge in [0.05, 0.1) is 17.7 Å². The number of carbonyl (C=O) groups excluding carboxylic acids is 2. The maximum Gasteiger partial charge on any atom is 0.265 e. The molecule has 1 atom stereocenters. The zero-order valence-corrected chi connectivity index (χ0v) is 18.0. The molecule has 1 fully saturated rings. The molecular formula is C23H27ClN2O4. The highest BCUT2D eigenvalue weighted by atomic mass is 35.5. The van der Waals surface area contributed by atoms with E-state index in [0.29, 0.717) is 27.8 Å². The molecule has 1 saturated carbocycles. The normalized spacial score (nSPS) is 15.2. The molecule has 2 aromatic rings. The molecule has 0 spiro atoms. The zero-order chi connectivity index (χ0) is 21.5. The fraction of sp³-hybridized carbons (Fsp3) is 0.391. The summed E-state index contributed by atoms with van der Waals surface area (Å²) in [5, 5.41) is 6.18. The van der Waals surface area contributed by atoms with Gasteiger partial charge in [-0.05, 0) is 50.1 Å². The van der Waals surface area contributed by atoms with Crippen molar-refractivity contribution >= 4 is 29.1 Å². The molecule has 0 bridgehead atoms. The number of ether oxygens (including phenoxy) is 2. The van der Waals surface area contributed by atoms with Gasteiger partial charge in [0.25, 0.3) is 11.8 Å². The molecular weight excluding hydrogens is 404 g/mol. The van der Waals surface area contributed by atoms with Crippen LogP contribution in [0, 0.1) is 0 Å². The molecule has 2 aromatic carbocycles. The molecule has 3 rings (SSSR count). The third-order valence-corrected chi connectivity index (χ3v) is 5.49. The lowest BCUT2D eigenvalue weighted by molar-refractivity contribution is -0.122. The molecule has 0 aromatic heterocycles. The van der Waals surface area contributed by atoms with Crippen molar-refractivity contribution in [3.63, 3.8) is 0 Å². The molecule has 0 radical (unpaired) electrons. The Morgan fingerprint density at radius 2 is 1.77 bits per heavy atom. The predicted octanol–water partition coefficient (Wildman–Crippen LogP) is 4.82. The van der Waals surface area contributed by atoms with Crippen LogP contribution in [0.25, 0.3) is 0 Å². The summed E-state index contributed by atoms with van der Waals surface area (Å²) in [6.07, 6.45) is 4.66. The fourth-order valence-corrected chi connectivity index (χ4v) is 3.69. The number of nitrogens with one attached hydrogen (secondary N) is 2. The number of amides is 2. The molecule has 0 aliphatic heterocycles. The van der Waals surface area contributed by atoms with Crippen molar-refractivity contribution in [2.45, 2.75) is 51.2 Å². The third kappa shape index (κ3) is 5.66. The van der Waals surface area contributed by atoms with Gasteiger partial charge >= 0.3 is 0 Å². The number of anilines is 1. The summed E-state index contributed by atoms with van der Waals surface area (Å²) in [6.45, 7) is 1.65. The standard InChI is InChI=1S/C23H27ClN2O4/c1-15(30-21-11-7-6-10-20(21)29-2)22(27)26-17-12-13-19(24)18(14-17)23(28)25-16-8-4-3-5-9-16/h6-7,10-16H,3-5,8-9H2,1-2H3,(H,25,28)(H,26,27). The summed E-state index contributed by atoms with van der Waals surface area (Å²) in [7, 11) is 1.54. The van der Waals surface area contributed by atoms with Crippen LogP contribution >= 0.6 is 11.6 Å². The molecule has 30 heavy (non-hydrogen) atoms. The van der Waals surface area contributed by atoms with Crippen LogP contribution in [0.15, 0.2) is 42.5 Å². The molecule has 7 heteroatoms. The maximum atomic E-state index is 12.7. The second kappa shape index (κ2) is 10.3. The van der Waals surface area contributed by atoms with Crippen LogP contribution in [0.4, 0.5) is 5.69 Å². The van der Waals surface area contributed by atoms with E-state index in [2.05, 4.69) is 10.6 Å². The SMILES string of the molecule is COc1ccccc1OC(C)C(=O)Nc1ccc(Cl)c(C(=O)NC2CCCCC2)c1. The topological polar surface area (TPSA) is 76.7 Å². The summed E-state index contributed by atoms with van der Waals surface area (Å²) in [4.78, 5) is 25.3. The first-order valence-corrected chi connectivity index (χ1v) is 10.6. The molecule has 1 aliphatic rings. The summed E-state index contributed by atoms with van der Waals surface area (Å²) in [5.74, 6) is 0.458. The van der Waals surface area contributed by atoms with Gasteiger partial charge in [-0.1, -0.05) is 43.0 Å². The molecule has 0 saturated heterocycles. The largest absolute Gasteiger partial charge is 0.493 e. The fourth-order valence-electron chi connectivity index (χ4n) is 3.49. The van der Waals surface area contributed by atoms with E-state index in [9.17, 15) is 9.59 Å². The first kappa shape index (κ1) is 22.0. The number of hydrogen-bond acceptors (Lipinski definition) is 4. The van der Waals surface area contributed by atoms with Crippen molar-refractivity contribution in [2.24, 2.45) is 0 Å². The van der Waals surface area contributed by atoms with Crippen molar-refractivity contribution in [3.05, 3.63) is 53.1 Å². The zero-order valence-electron chi connectivity index (χ0n) is 17.2. The second-order valence-corrected chi connectivity index (χ2v) is 7.81. The number of halogens is 1. The monoisotopic (exact) mass is 430 g/mol. The Kier molecular flexibility index (Phi) is 7.57. The van der Waals surface area contributed by atoms with Crippen LogP contribution in [0.3, 0.4) is 0 Å². The first-order chi connectivity index (χ1) is 14.5. The summed E-state index contributed by atoms with van der Waals surface area (Å²) in [5.41, 5.74) is 0.826. The average Bonchev–Trinajstić information content (AvgIpc) is 2.76. The summed E-state index contributed by atoms with van der Waals surface area (Å²) in [6, 6.07) is 12.2. The van der Waals surface area contributed by atoms with Crippen LogP contribution in [0.5, 0.6) is 11.5 Å². The number of rotatable bonds is 7. The summed E-state index contributed by atoms with van der Waals surface area (Å²) >= 11 is 6.24. The predicted molar refractivity (Wildman–Crippen MR) is 118 cm³/mol. The van der Waals surface area contributed by atoms with E-state index in [1.165, 1.54) is 6.42 Å². The van der Waals surface area contributed by atoms with E-state index in [-0.39, 0.29) is 17.9 Å². The van der Waals surface area contributed by atoms with Crippen molar-refractivity contribution in [2.75, 3.05) is 12.4 Å². The number of hydrogen-bond donors (Lipinski definition) is 2. The first-order valence-electron chi connectivity index (χ1n) is 10.2. The van der Waals surface area contributed by atoms with Gasteiger partial charge in [-0.25, -0.2) is 0 Å². The number of benzene rings is 2. The van der Waals surface area contributed by atoms with E-state index in [1.807, 2.05) is 6.07 Å². The molecule has 2 amide bonds. The highest BCUT2D eigenvalue weighted by Crippen LogP contribution is 2.27. The van der Waals surface area contributed by atoms with Crippen LogP contribution < -0.4 is 20.1 Å². The Morgan fingerprint density at radius 1 is 1.07 bits per heavy atom. The van der Waals surface area contributed by atoms with Crippen molar-refractivity contribution in [1.82, 2.24) is 5.32 Å². The minimum absolute atomic E-state index is 0.176. The minimum atomic E-state index is -0.767. The number of carbonyl (C=O) groups is 2. The lowest BCUT2D eigenvalue weighted by atomic mass is 9.95. The van der Waals surface area contributed by atoms with Gasteiger partial charge in [0, 0.05) is 11.7 Å². The average molecular weight is 431 g/mol. The van der Waals surface area contributed by atoms with E-state index in [0.717, 1.165) is 25.7 Å². The lowest BCUT2D eigenvalue weighted by Crippen LogP contribution is -2.36. The Hall–Kier alpha value is -2.73. The highest BCUT2D eigenvalue weighted by Gasteiger charge is 2.20. The summed E-state index contributed by atoms with van der Waals surface area (Å²) < 4.78 is 11.0. The van der Waals surface area contributed by atoms with E-state index in [1.54, 1.807) is 50.4 Å². The maximum absolute atomic E-state index is 12.7. The molecule has 0 heterocycles. The van der Waals surface area contributed by atoms with Gasteiger partial charge in [0.1, 0.15) is 0 Å². The molecule has 2 N–H and O–H groups in total. The van der Waals surface area contributed by atoms with Crippen molar-refractivity contribution in [3.8, 4) is 11.5 Å². The Labute approximate surface area is 181 Å². The van der Waals surface area contributed by atoms with Gasteiger partial charge in [-0.3, -0.25) is 9.59 Å². The minimum Gasteiger partial charge on any atom is -0.493 e. The molecule has 1 aliphatic carbocycles.